The minimum Gasteiger partial charge on any atom is -0.268 e. The number of aromatic nitrogens is 2. The van der Waals surface area contributed by atoms with Crippen molar-refractivity contribution in [2.75, 3.05) is 14.1 Å². The molecule has 0 aliphatic heterocycles. The molecule has 0 N–H and O–H groups in total. The van der Waals surface area contributed by atoms with Crippen LogP contribution >= 0.6 is 11.8 Å². The molecule has 0 aliphatic rings. The molecule has 1 heterocycles. The lowest BCUT2D eigenvalue weighted by Crippen LogP contribution is -2.23. The summed E-state index contributed by atoms with van der Waals surface area (Å²) in [6.45, 7) is 0. The van der Waals surface area contributed by atoms with E-state index < -0.39 is 15.8 Å². The second kappa shape index (κ2) is 8.85. The summed E-state index contributed by atoms with van der Waals surface area (Å²) in [5.74, 6) is -0.191. The first-order valence-electron chi connectivity index (χ1n) is 9.70. The van der Waals surface area contributed by atoms with Gasteiger partial charge < -0.3 is 0 Å². The highest BCUT2D eigenvalue weighted by molar-refractivity contribution is 7.98. The Balaban J connectivity index is 1.78. The molecule has 0 aliphatic carbocycles. The first kappa shape index (κ1) is 22.2. The topological polar surface area (TPSA) is 72.3 Å². The van der Waals surface area contributed by atoms with Gasteiger partial charge >= 0.3 is 0 Å². The van der Waals surface area contributed by atoms with Crippen LogP contribution in [0, 0.1) is 5.82 Å². The van der Waals surface area contributed by atoms with Crippen molar-refractivity contribution in [2.24, 2.45) is 0 Å². The Morgan fingerprint density at radius 2 is 1.72 bits per heavy atom. The second-order valence-corrected chi connectivity index (χ2v) is 10.3. The quantitative estimate of drug-likeness (QED) is 0.315. The largest absolute Gasteiger partial charge is 0.268 e. The molecule has 6 nitrogen and oxygen atoms in total. The van der Waals surface area contributed by atoms with Gasteiger partial charge in [-0.1, -0.05) is 48.2 Å². The van der Waals surface area contributed by atoms with Crippen LogP contribution in [0.4, 0.5) is 4.39 Å². The van der Waals surface area contributed by atoms with Crippen LogP contribution in [0.25, 0.3) is 16.6 Å². The van der Waals surface area contributed by atoms with Crippen molar-refractivity contribution in [3.8, 4) is 5.69 Å². The predicted molar refractivity (Wildman–Crippen MR) is 124 cm³/mol. The fourth-order valence-corrected chi connectivity index (χ4v) is 5.13. The summed E-state index contributed by atoms with van der Waals surface area (Å²) in [6.07, 6.45) is 0. The lowest BCUT2D eigenvalue weighted by atomic mass is 10.2. The third kappa shape index (κ3) is 4.19. The number of benzene rings is 3. The van der Waals surface area contributed by atoms with Crippen LogP contribution in [-0.4, -0.2) is 36.4 Å². The Bertz CT molecular complexity index is 1470. The molecule has 0 unspecified atom stereocenters. The molecule has 32 heavy (non-hydrogen) atoms. The van der Waals surface area contributed by atoms with Crippen LogP contribution in [-0.2, 0) is 15.8 Å². The monoisotopic (exact) mass is 469 g/mol. The van der Waals surface area contributed by atoms with Crippen LogP contribution < -0.4 is 5.56 Å². The minimum atomic E-state index is -3.57. The summed E-state index contributed by atoms with van der Waals surface area (Å²) in [6, 6.07) is 19.5. The molecule has 0 atom stereocenters. The van der Waals surface area contributed by atoms with Gasteiger partial charge in [-0.05, 0) is 42.0 Å². The zero-order valence-corrected chi connectivity index (χ0v) is 19.0. The van der Waals surface area contributed by atoms with Gasteiger partial charge in [0.05, 0.1) is 21.5 Å². The number of hydrogen-bond donors (Lipinski definition) is 0. The Morgan fingerprint density at radius 3 is 2.47 bits per heavy atom. The lowest BCUT2D eigenvalue weighted by molar-refractivity contribution is 0.520. The van der Waals surface area contributed by atoms with E-state index in [1.165, 1.54) is 48.6 Å². The van der Waals surface area contributed by atoms with E-state index in [0.717, 1.165) is 9.87 Å². The number of sulfonamides is 1. The Hall–Kier alpha value is -3.01. The van der Waals surface area contributed by atoms with Crippen LogP contribution in [0.2, 0.25) is 0 Å². The van der Waals surface area contributed by atoms with Gasteiger partial charge in [0, 0.05) is 19.8 Å². The molecule has 0 saturated heterocycles. The maximum atomic E-state index is 14.6. The van der Waals surface area contributed by atoms with Crippen molar-refractivity contribution in [1.29, 1.82) is 0 Å². The maximum absolute atomic E-state index is 14.6. The number of hydrogen-bond acceptors (Lipinski definition) is 5. The number of rotatable bonds is 6. The molecular weight excluding hydrogens is 449 g/mol. The van der Waals surface area contributed by atoms with Gasteiger partial charge in [-0.15, -0.1) is 0 Å². The smallest absolute Gasteiger partial charge is 0.266 e. The molecule has 0 radical (unpaired) electrons. The predicted octanol–water partition coefficient (Wildman–Crippen LogP) is 4.07. The van der Waals surface area contributed by atoms with Crippen molar-refractivity contribution >= 4 is 32.7 Å². The Morgan fingerprint density at radius 1 is 1.00 bits per heavy atom. The van der Waals surface area contributed by atoms with Crippen molar-refractivity contribution < 1.29 is 12.8 Å². The van der Waals surface area contributed by atoms with Crippen LogP contribution in [0.5, 0.6) is 0 Å². The van der Waals surface area contributed by atoms with Gasteiger partial charge in [-0.2, -0.15) is 0 Å². The molecule has 0 spiro atoms. The van der Waals surface area contributed by atoms with Crippen molar-refractivity contribution in [3.05, 3.63) is 94.5 Å². The van der Waals surface area contributed by atoms with Gasteiger partial charge in [-0.3, -0.25) is 9.36 Å². The summed E-state index contributed by atoms with van der Waals surface area (Å²) >= 11 is 1.24. The maximum Gasteiger partial charge on any atom is 0.266 e. The van der Waals surface area contributed by atoms with Gasteiger partial charge in [0.25, 0.3) is 5.56 Å². The summed E-state index contributed by atoms with van der Waals surface area (Å²) in [5, 5.41) is 0.707. The molecule has 0 bridgehead atoms. The molecule has 4 aromatic rings. The van der Waals surface area contributed by atoms with Crippen molar-refractivity contribution in [2.45, 2.75) is 15.8 Å². The average Bonchev–Trinajstić information content (AvgIpc) is 2.79. The van der Waals surface area contributed by atoms with E-state index in [0.29, 0.717) is 21.8 Å². The molecule has 0 saturated carbocycles. The zero-order valence-electron chi connectivity index (χ0n) is 17.4. The minimum absolute atomic E-state index is 0.113. The number of para-hydroxylation sites is 2. The second-order valence-electron chi connectivity index (χ2n) is 7.23. The third-order valence-corrected chi connectivity index (χ3v) is 7.70. The fraction of sp³-hybridized carbons (Fsp3) is 0.130. The molecule has 0 amide bonds. The van der Waals surface area contributed by atoms with Crippen molar-refractivity contribution in [1.82, 2.24) is 13.9 Å². The summed E-state index contributed by atoms with van der Waals surface area (Å²) in [4.78, 5) is 18.0. The highest BCUT2D eigenvalue weighted by Gasteiger charge is 2.19. The highest BCUT2D eigenvalue weighted by Crippen LogP contribution is 2.26. The molecule has 164 valence electrons. The summed E-state index contributed by atoms with van der Waals surface area (Å²) in [7, 11) is -0.621. The van der Waals surface area contributed by atoms with Crippen molar-refractivity contribution in [3.63, 3.8) is 0 Å². The fourth-order valence-electron chi connectivity index (χ4n) is 3.21. The highest BCUT2D eigenvalue weighted by atomic mass is 32.2. The number of halogens is 1. The van der Waals surface area contributed by atoms with E-state index in [4.69, 9.17) is 0 Å². The Labute approximate surface area is 189 Å². The van der Waals surface area contributed by atoms with E-state index in [1.54, 1.807) is 54.6 Å². The van der Waals surface area contributed by atoms with E-state index in [2.05, 4.69) is 4.98 Å². The van der Waals surface area contributed by atoms with E-state index in [9.17, 15) is 17.6 Å². The molecule has 0 fully saturated rings. The lowest BCUT2D eigenvalue weighted by Gasteiger charge is -2.14. The van der Waals surface area contributed by atoms with E-state index >= 15 is 0 Å². The van der Waals surface area contributed by atoms with Gasteiger partial charge in [-0.25, -0.2) is 22.1 Å². The molecule has 1 aromatic heterocycles. The SMILES string of the molecule is CN(C)S(=O)(=O)c1cccc(CSc2nc3ccccc3c(=O)n2-c2ccccc2F)c1. The molecule has 4 rings (SSSR count). The first-order valence-corrected chi connectivity index (χ1v) is 12.1. The van der Waals surface area contributed by atoms with E-state index in [-0.39, 0.29) is 16.1 Å². The van der Waals surface area contributed by atoms with Crippen LogP contribution in [0.3, 0.4) is 0 Å². The number of fused-ring (bicyclic) bond motifs is 1. The summed E-state index contributed by atoms with van der Waals surface area (Å²) in [5.41, 5.74) is 0.992. The normalized spacial score (nSPS) is 11.9. The van der Waals surface area contributed by atoms with Gasteiger partial charge in [0.15, 0.2) is 5.16 Å². The average molecular weight is 470 g/mol. The molecule has 3 aromatic carbocycles. The first-order chi connectivity index (χ1) is 15.3. The van der Waals surface area contributed by atoms with E-state index in [1.807, 2.05) is 0 Å². The standard InChI is InChI=1S/C23H20FN3O3S2/c1-26(2)32(29,30)17-9-7-8-16(14-17)15-31-23-25-20-12-5-3-10-18(20)22(28)27(23)21-13-6-4-11-19(21)24/h3-14H,15H2,1-2H3. The Kier molecular flexibility index (Phi) is 6.14. The molecular formula is C23H20FN3O3S2. The number of thioether (sulfide) groups is 1. The third-order valence-electron chi connectivity index (χ3n) is 4.88. The zero-order chi connectivity index (χ0) is 22.9. The number of nitrogens with zero attached hydrogens (tertiary/aromatic N) is 3. The van der Waals surface area contributed by atoms with Crippen LogP contribution in [0.1, 0.15) is 5.56 Å². The summed E-state index contributed by atoms with van der Waals surface area (Å²) < 4.78 is 41.9. The van der Waals surface area contributed by atoms with Gasteiger partial charge in [0.2, 0.25) is 10.0 Å². The van der Waals surface area contributed by atoms with Crippen LogP contribution in [0.15, 0.2) is 87.6 Å². The van der Waals surface area contributed by atoms with Gasteiger partial charge in [0.1, 0.15) is 5.82 Å². The molecule has 9 heteroatoms.